The Bertz CT molecular complexity index is 412. The summed E-state index contributed by atoms with van der Waals surface area (Å²) in [4.78, 5) is 0. The van der Waals surface area contributed by atoms with Gasteiger partial charge in [0.15, 0.2) is 5.79 Å². The summed E-state index contributed by atoms with van der Waals surface area (Å²) in [5, 5.41) is 0. The van der Waals surface area contributed by atoms with Crippen molar-refractivity contribution in [1.29, 1.82) is 0 Å². The Labute approximate surface area is 101 Å². The molecule has 3 rings (SSSR count). The minimum atomic E-state index is -0.501. The van der Waals surface area contributed by atoms with E-state index in [0.717, 1.165) is 25.7 Å². The van der Waals surface area contributed by atoms with Crippen molar-refractivity contribution in [3.05, 3.63) is 42.6 Å². The van der Waals surface area contributed by atoms with E-state index in [1.165, 1.54) is 6.07 Å². The van der Waals surface area contributed by atoms with Crippen LogP contribution in [0.1, 0.15) is 37.4 Å². The third kappa shape index (κ3) is 1.87. The zero-order chi connectivity index (χ0) is 11.9. The smallest absolute Gasteiger partial charge is 0.169 e. The van der Waals surface area contributed by atoms with Crippen LogP contribution in [0.15, 0.2) is 24.3 Å². The molecule has 0 amide bonds. The molecule has 17 heavy (non-hydrogen) atoms. The van der Waals surface area contributed by atoms with E-state index in [1.54, 1.807) is 12.1 Å². The Morgan fingerprint density at radius 2 is 1.88 bits per heavy atom. The third-order valence-corrected chi connectivity index (χ3v) is 3.62. The van der Waals surface area contributed by atoms with Crippen LogP contribution >= 0.6 is 0 Å². The molecule has 0 unspecified atom stereocenters. The highest BCUT2D eigenvalue weighted by Gasteiger charge is 2.48. The lowest BCUT2D eigenvalue weighted by atomic mass is 10.1. The van der Waals surface area contributed by atoms with Crippen molar-refractivity contribution in [2.45, 2.75) is 43.7 Å². The van der Waals surface area contributed by atoms with E-state index in [2.05, 4.69) is 6.92 Å². The molecule has 1 heterocycles. The van der Waals surface area contributed by atoms with Gasteiger partial charge in [-0.25, -0.2) is 4.39 Å². The van der Waals surface area contributed by atoms with Crippen LogP contribution in [0.25, 0.3) is 0 Å². The van der Waals surface area contributed by atoms with Crippen molar-refractivity contribution in [2.75, 3.05) is 0 Å². The first-order valence-electron chi connectivity index (χ1n) is 6.13. The second kappa shape index (κ2) is 4.07. The summed E-state index contributed by atoms with van der Waals surface area (Å²) in [6.07, 6.45) is 3.29. The summed E-state index contributed by atoms with van der Waals surface area (Å²) in [6.45, 7) is 3.94. The van der Waals surface area contributed by atoms with Crippen molar-refractivity contribution in [1.82, 2.24) is 0 Å². The van der Waals surface area contributed by atoms with E-state index < -0.39 is 5.79 Å². The zero-order valence-electron chi connectivity index (χ0n) is 9.69. The molecule has 1 aromatic rings. The van der Waals surface area contributed by atoms with Crippen LogP contribution in [0.3, 0.4) is 0 Å². The van der Waals surface area contributed by atoms with Crippen LogP contribution in [-0.4, -0.2) is 11.9 Å². The first kappa shape index (κ1) is 11.2. The first-order chi connectivity index (χ1) is 8.20. The van der Waals surface area contributed by atoms with Gasteiger partial charge in [0, 0.05) is 18.4 Å². The molecule has 1 saturated carbocycles. The van der Waals surface area contributed by atoms with Crippen LogP contribution in [0.4, 0.5) is 4.39 Å². The normalized spacial score (nSPS) is 31.2. The van der Waals surface area contributed by atoms with E-state index in [-0.39, 0.29) is 18.0 Å². The van der Waals surface area contributed by atoms with E-state index >= 15 is 0 Å². The highest BCUT2D eigenvalue weighted by Crippen LogP contribution is 2.47. The fraction of sp³-hybridized carbons (Fsp3) is 0.500. The third-order valence-electron chi connectivity index (χ3n) is 3.62. The molecule has 0 bridgehead atoms. The summed E-state index contributed by atoms with van der Waals surface area (Å²) in [7, 11) is 0. The zero-order valence-corrected chi connectivity index (χ0v) is 9.69. The Balaban J connectivity index is 1.87. The van der Waals surface area contributed by atoms with Crippen molar-refractivity contribution < 1.29 is 13.9 Å². The summed E-state index contributed by atoms with van der Waals surface area (Å²) >= 11 is 0. The molecule has 3 heteroatoms. The van der Waals surface area contributed by atoms with Gasteiger partial charge in [-0.1, -0.05) is 18.2 Å². The van der Waals surface area contributed by atoms with Gasteiger partial charge in [0.05, 0.1) is 6.10 Å². The van der Waals surface area contributed by atoms with E-state index in [9.17, 15) is 4.39 Å². The summed E-state index contributed by atoms with van der Waals surface area (Å²) in [5.41, 5.74) is 0.552. The maximum Gasteiger partial charge on any atom is 0.169 e. The van der Waals surface area contributed by atoms with Gasteiger partial charge in [-0.15, -0.1) is 0 Å². The minimum Gasteiger partial charge on any atom is -0.344 e. The van der Waals surface area contributed by atoms with Crippen molar-refractivity contribution in [2.24, 2.45) is 0 Å². The Morgan fingerprint density at radius 3 is 2.59 bits per heavy atom. The van der Waals surface area contributed by atoms with Gasteiger partial charge in [0.1, 0.15) is 11.9 Å². The van der Waals surface area contributed by atoms with Crippen LogP contribution in [-0.2, 0) is 9.47 Å². The van der Waals surface area contributed by atoms with Gasteiger partial charge in [-0.2, -0.15) is 0 Å². The number of halogens is 1. The van der Waals surface area contributed by atoms with Gasteiger partial charge in [0.25, 0.3) is 0 Å². The van der Waals surface area contributed by atoms with E-state index in [0.29, 0.717) is 5.56 Å². The van der Waals surface area contributed by atoms with Crippen molar-refractivity contribution in [3.8, 4) is 0 Å². The summed E-state index contributed by atoms with van der Waals surface area (Å²) in [5.74, 6) is -0.746. The number of hydrogen-bond acceptors (Lipinski definition) is 2. The van der Waals surface area contributed by atoms with Gasteiger partial charge >= 0.3 is 0 Å². The van der Waals surface area contributed by atoms with Crippen LogP contribution < -0.4 is 0 Å². The molecule has 1 aliphatic carbocycles. The quantitative estimate of drug-likeness (QED) is 0.742. The molecule has 1 aliphatic heterocycles. The van der Waals surface area contributed by atoms with Gasteiger partial charge in [-0.3, -0.25) is 0 Å². The molecule has 0 N–H and O–H groups in total. The van der Waals surface area contributed by atoms with E-state index in [4.69, 9.17) is 9.47 Å². The van der Waals surface area contributed by atoms with Gasteiger partial charge < -0.3 is 9.47 Å². The monoisotopic (exact) mass is 235 g/mol. The largest absolute Gasteiger partial charge is 0.344 e. The Morgan fingerprint density at radius 1 is 1.18 bits per heavy atom. The SMILES string of the molecule is [CH2][C@@H]1OC2(CCCC2)O[C@H]1c1ccccc1F. The fourth-order valence-corrected chi connectivity index (χ4v) is 2.79. The Hall–Kier alpha value is -0.930. The minimum absolute atomic E-state index is 0.246. The average molecular weight is 235 g/mol. The number of hydrogen-bond donors (Lipinski definition) is 0. The van der Waals surface area contributed by atoms with Crippen LogP contribution in [0.5, 0.6) is 0 Å². The van der Waals surface area contributed by atoms with Crippen LogP contribution in [0, 0.1) is 12.7 Å². The number of ether oxygens (including phenoxy) is 2. The molecule has 1 radical (unpaired) electrons. The molecule has 1 saturated heterocycles. The second-order valence-corrected chi connectivity index (χ2v) is 4.83. The predicted molar refractivity (Wildman–Crippen MR) is 61.7 cm³/mol. The average Bonchev–Trinajstić information content (AvgIpc) is 2.88. The summed E-state index contributed by atoms with van der Waals surface area (Å²) < 4.78 is 25.5. The molecule has 2 fully saturated rings. The summed E-state index contributed by atoms with van der Waals surface area (Å²) in [6, 6.07) is 6.69. The molecular formula is C14H16FO2. The number of rotatable bonds is 1. The van der Waals surface area contributed by atoms with Crippen LogP contribution in [0.2, 0.25) is 0 Å². The lowest BCUT2D eigenvalue weighted by Gasteiger charge is -2.22. The predicted octanol–water partition coefficient (Wildman–Crippen LogP) is 3.39. The lowest BCUT2D eigenvalue weighted by Crippen LogP contribution is -2.26. The highest BCUT2D eigenvalue weighted by molar-refractivity contribution is 5.22. The lowest BCUT2D eigenvalue weighted by molar-refractivity contribution is -0.167. The molecule has 2 nitrogen and oxygen atoms in total. The maximum absolute atomic E-state index is 13.7. The molecule has 2 atom stereocenters. The molecule has 1 spiro atoms. The molecule has 91 valence electrons. The standard InChI is InChI=1S/C14H16FO2/c1-10-13(11-6-2-3-7-12(11)15)17-14(16-10)8-4-5-9-14/h2-3,6-7,10,13H,1,4-5,8-9H2/t10-,13+/m0/s1. The second-order valence-electron chi connectivity index (χ2n) is 4.83. The maximum atomic E-state index is 13.7. The molecule has 0 aromatic heterocycles. The molecule has 1 aromatic carbocycles. The fourth-order valence-electron chi connectivity index (χ4n) is 2.79. The van der Waals surface area contributed by atoms with E-state index in [1.807, 2.05) is 6.07 Å². The highest BCUT2D eigenvalue weighted by atomic mass is 19.1. The van der Waals surface area contributed by atoms with Gasteiger partial charge in [-0.05, 0) is 25.8 Å². The molecular weight excluding hydrogens is 219 g/mol. The van der Waals surface area contributed by atoms with Crippen molar-refractivity contribution >= 4 is 0 Å². The molecule has 2 aliphatic rings. The topological polar surface area (TPSA) is 18.5 Å². The van der Waals surface area contributed by atoms with Gasteiger partial charge in [0.2, 0.25) is 0 Å². The van der Waals surface area contributed by atoms with Crippen molar-refractivity contribution in [3.63, 3.8) is 0 Å². The number of benzene rings is 1. The first-order valence-corrected chi connectivity index (χ1v) is 6.13. The Kier molecular flexibility index (Phi) is 2.68.